The number of likely N-dealkylation sites (tertiary alicyclic amines) is 1. The third-order valence-electron chi connectivity index (χ3n) is 3.90. The molecule has 21 heavy (non-hydrogen) atoms. The van der Waals surface area contributed by atoms with Crippen LogP contribution in [0.15, 0.2) is 23.0 Å². The lowest BCUT2D eigenvalue weighted by molar-refractivity contribution is 0.0573. The Hall–Kier alpha value is -2.11. The lowest BCUT2D eigenvalue weighted by Crippen LogP contribution is -2.46. The Morgan fingerprint density at radius 3 is 2.95 bits per heavy atom. The van der Waals surface area contributed by atoms with Crippen LogP contribution in [0.2, 0.25) is 0 Å². The fraction of sp³-hybridized carbons (Fsp3) is 0.533. The van der Waals surface area contributed by atoms with E-state index in [0.29, 0.717) is 11.5 Å². The van der Waals surface area contributed by atoms with Gasteiger partial charge < -0.3 is 9.42 Å². The number of hydrogen-bond donors (Lipinski definition) is 0. The van der Waals surface area contributed by atoms with E-state index in [4.69, 9.17) is 4.52 Å². The number of carbonyl (C=O) groups is 1. The minimum Gasteiger partial charge on any atom is -0.361 e. The first-order chi connectivity index (χ1) is 10.1. The molecule has 0 bridgehead atoms. The zero-order chi connectivity index (χ0) is 14.8. The lowest BCUT2D eigenvalue weighted by atomic mass is 10.0. The molecular weight excluding hydrogens is 268 g/mol. The second kappa shape index (κ2) is 5.71. The predicted molar refractivity (Wildman–Crippen MR) is 76.9 cm³/mol. The van der Waals surface area contributed by atoms with Gasteiger partial charge >= 0.3 is 0 Å². The van der Waals surface area contributed by atoms with Crippen LogP contribution in [0.25, 0.3) is 0 Å². The number of nitrogens with zero attached hydrogens (tertiary/aromatic N) is 4. The van der Waals surface area contributed by atoms with Crippen LogP contribution >= 0.6 is 0 Å². The molecule has 0 unspecified atom stereocenters. The van der Waals surface area contributed by atoms with Gasteiger partial charge in [0.15, 0.2) is 5.69 Å². The van der Waals surface area contributed by atoms with Gasteiger partial charge in [0.1, 0.15) is 5.76 Å². The number of rotatable bonds is 3. The van der Waals surface area contributed by atoms with Gasteiger partial charge in [0.05, 0.1) is 18.8 Å². The number of hydrogen-bond acceptors (Lipinski definition) is 4. The smallest absolute Gasteiger partial charge is 0.276 e. The van der Waals surface area contributed by atoms with Gasteiger partial charge in [0.25, 0.3) is 5.91 Å². The molecule has 0 aliphatic carbocycles. The van der Waals surface area contributed by atoms with Crippen molar-refractivity contribution >= 4 is 5.91 Å². The van der Waals surface area contributed by atoms with Gasteiger partial charge in [-0.2, -0.15) is 5.10 Å². The average Bonchev–Trinajstić information content (AvgIpc) is 3.08. The summed E-state index contributed by atoms with van der Waals surface area (Å²) in [6.07, 6.45) is 7.04. The van der Waals surface area contributed by atoms with Crippen LogP contribution in [0, 0.1) is 13.8 Å². The van der Waals surface area contributed by atoms with Gasteiger partial charge in [-0.1, -0.05) is 5.16 Å². The molecule has 0 saturated carbocycles. The Morgan fingerprint density at radius 2 is 2.29 bits per heavy atom. The molecule has 1 saturated heterocycles. The van der Waals surface area contributed by atoms with Crippen LogP contribution in [0.4, 0.5) is 0 Å². The van der Waals surface area contributed by atoms with Crippen molar-refractivity contribution in [2.45, 2.75) is 45.7 Å². The van der Waals surface area contributed by atoms with Gasteiger partial charge in [-0.3, -0.25) is 9.48 Å². The molecule has 2 aromatic heterocycles. The predicted octanol–water partition coefficient (Wildman–Crippen LogP) is 2.18. The standard InChI is InChI=1S/C15H20N4O2/c1-11-8-16-18(9-11)10-13-5-3-4-6-19(13)15(20)14-7-12(2)21-17-14/h7-9,13H,3-6,10H2,1-2H3/t13-/m0/s1. The lowest BCUT2D eigenvalue weighted by Gasteiger charge is -2.35. The highest BCUT2D eigenvalue weighted by Gasteiger charge is 2.29. The van der Waals surface area contributed by atoms with Gasteiger partial charge in [0, 0.05) is 18.8 Å². The maximum absolute atomic E-state index is 12.6. The average molecular weight is 288 g/mol. The van der Waals surface area contributed by atoms with Gasteiger partial charge in [-0.25, -0.2) is 0 Å². The first kappa shape index (κ1) is 13.9. The summed E-state index contributed by atoms with van der Waals surface area (Å²) in [6.45, 7) is 5.32. The Kier molecular flexibility index (Phi) is 3.77. The highest BCUT2D eigenvalue weighted by molar-refractivity contribution is 5.92. The number of carbonyl (C=O) groups excluding carboxylic acids is 1. The van der Waals surface area contributed by atoms with Gasteiger partial charge in [0.2, 0.25) is 0 Å². The summed E-state index contributed by atoms with van der Waals surface area (Å²) in [5, 5.41) is 8.17. The largest absolute Gasteiger partial charge is 0.361 e. The summed E-state index contributed by atoms with van der Waals surface area (Å²) in [7, 11) is 0. The van der Waals surface area contributed by atoms with Crippen molar-refractivity contribution < 1.29 is 9.32 Å². The summed E-state index contributed by atoms with van der Waals surface area (Å²) in [5.41, 5.74) is 1.53. The molecule has 1 atom stereocenters. The molecule has 1 fully saturated rings. The zero-order valence-corrected chi connectivity index (χ0v) is 12.5. The summed E-state index contributed by atoms with van der Waals surface area (Å²) < 4.78 is 6.93. The van der Waals surface area contributed by atoms with E-state index in [0.717, 1.165) is 37.9 Å². The number of amides is 1. The molecule has 3 rings (SSSR count). The SMILES string of the molecule is Cc1cnn(C[C@@H]2CCCCN2C(=O)c2cc(C)on2)c1. The van der Waals surface area contributed by atoms with E-state index in [-0.39, 0.29) is 11.9 Å². The summed E-state index contributed by atoms with van der Waals surface area (Å²) >= 11 is 0. The molecule has 0 spiro atoms. The Morgan fingerprint density at radius 1 is 1.43 bits per heavy atom. The Bertz CT molecular complexity index is 631. The fourth-order valence-electron chi connectivity index (χ4n) is 2.85. The van der Waals surface area contributed by atoms with E-state index in [9.17, 15) is 4.79 Å². The highest BCUT2D eigenvalue weighted by atomic mass is 16.5. The van der Waals surface area contributed by atoms with Crippen molar-refractivity contribution in [2.75, 3.05) is 6.54 Å². The molecule has 1 aliphatic heterocycles. The van der Waals surface area contributed by atoms with Crippen molar-refractivity contribution in [3.05, 3.63) is 35.5 Å². The normalized spacial score (nSPS) is 19.0. The van der Waals surface area contributed by atoms with Crippen LogP contribution in [0.5, 0.6) is 0 Å². The third kappa shape index (κ3) is 2.99. The van der Waals surface area contributed by atoms with E-state index in [2.05, 4.69) is 10.3 Å². The maximum Gasteiger partial charge on any atom is 0.276 e. The number of piperidine rings is 1. The first-order valence-electron chi connectivity index (χ1n) is 7.37. The summed E-state index contributed by atoms with van der Waals surface area (Å²) in [5.74, 6) is 0.620. The second-order valence-corrected chi connectivity index (χ2v) is 5.71. The molecule has 1 amide bonds. The molecule has 112 valence electrons. The van der Waals surface area contributed by atoms with Crippen molar-refractivity contribution in [2.24, 2.45) is 0 Å². The molecule has 0 aromatic carbocycles. The zero-order valence-electron chi connectivity index (χ0n) is 12.5. The van der Waals surface area contributed by atoms with E-state index in [1.165, 1.54) is 0 Å². The third-order valence-corrected chi connectivity index (χ3v) is 3.90. The second-order valence-electron chi connectivity index (χ2n) is 5.71. The van der Waals surface area contributed by atoms with Crippen molar-refractivity contribution in [3.63, 3.8) is 0 Å². The molecule has 0 N–H and O–H groups in total. The molecule has 2 aromatic rings. The van der Waals surface area contributed by atoms with Crippen LogP contribution in [-0.4, -0.2) is 38.3 Å². The van der Waals surface area contributed by atoms with E-state index >= 15 is 0 Å². The highest BCUT2D eigenvalue weighted by Crippen LogP contribution is 2.21. The molecule has 0 radical (unpaired) electrons. The topological polar surface area (TPSA) is 64.2 Å². The van der Waals surface area contributed by atoms with Crippen LogP contribution < -0.4 is 0 Å². The van der Waals surface area contributed by atoms with E-state index in [1.54, 1.807) is 13.0 Å². The number of aryl methyl sites for hydroxylation is 2. The quantitative estimate of drug-likeness (QED) is 0.868. The minimum absolute atomic E-state index is 0.0413. The summed E-state index contributed by atoms with van der Waals surface area (Å²) in [6, 6.07) is 1.87. The van der Waals surface area contributed by atoms with E-state index in [1.807, 2.05) is 28.9 Å². The molecule has 6 nitrogen and oxygen atoms in total. The molecular formula is C15H20N4O2. The molecule has 6 heteroatoms. The minimum atomic E-state index is -0.0413. The van der Waals surface area contributed by atoms with Gasteiger partial charge in [-0.15, -0.1) is 0 Å². The van der Waals surface area contributed by atoms with Gasteiger partial charge in [-0.05, 0) is 38.7 Å². The van der Waals surface area contributed by atoms with Crippen LogP contribution in [0.3, 0.4) is 0 Å². The number of aromatic nitrogens is 3. The first-order valence-corrected chi connectivity index (χ1v) is 7.37. The molecule has 1 aliphatic rings. The molecule has 3 heterocycles. The Labute approximate surface area is 123 Å². The maximum atomic E-state index is 12.6. The van der Waals surface area contributed by atoms with Crippen molar-refractivity contribution in [3.8, 4) is 0 Å². The van der Waals surface area contributed by atoms with Crippen LogP contribution in [-0.2, 0) is 6.54 Å². The van der Waals surface area contributed by atoms with Crippen molar-refractivity contribution in [1.29, 1.82) is 0 Å². The van der Waals surface area contributed by atoms with Crippen LogP contribution in [0.1, 0.15) is 41.1 Å². The van der Waals surface area contributed by atoms with E-state index < -0.39 is 0 Å². The fourth-order valence-corrected chi connectivity index (χ4v) is 2.85. The van der Waals surface area contributed by atoms with Crippen molar-refractivity contribution in [1.82, 2.24) is 19.8 Å². The Balaban J connectivity index is 1.76. The summed E-state index contributed by atoms with van der Waals surface area (Å²) in [4.78, 5) is 14.5. The monoisotopic (exact) mass is 288 g/mol.